The zero-order valence-electron chi connectivity index (χ0n) is 10.2. The van der Waals surface area contributed by atoms with Crippen LogP contribution in [0.25, 0.3) is 0 Å². The lowest BCUT2D eigenvalue weighted by atomic mass is 10.2. The number of rotatable bonds is 3. The lowest BCUT2D eigenvalue weighted by Gasteiger charge is -2.20. The Balaban J connectivity index is 2.82. The van der Waals surface area contributed by atoms with Gasteiger partial charge < -0.3 is 10.1 Å². The zero-order valence-corrected chi connectivity index (χ0v) is 10.2. The standard InChI is InChI=1S/C12H20N2O/c1-9-10(8-13-5)6-7-11(14-9)15-12(2,3)4/h6-7,13H,8H2,1-5H3. The number of hydrogen-bond donors (Lipinski definition) is 1. The summed E-state index contributed by atoms with van der Waals surface area (Å²) in [5.41, 5.74) is 2.04. The van der Waals surface area contributed by atoms with E-state index < -0.39 is 0 Å². The van der Waals surface area contributed by atoms with Gasteiger partial charge in [0, 0.05) is 18.3 Å². The molecule has 0 atom stereocenters. The Bertz CT molecular complexity index is 329. The Kier molecular flexibility index (Phi) is 3.69. The molecule has 15 heavy (non-hydrogen) atoms. The molecule has 84 valence electrons. The van der Waals surface area contributed by atoms with Crippen molar-refractivity contribution in [3.05, 3.63) is 23.4 Å². The van der Waals surface area contributed by atoms with Crippen LogP contribution in [0, 0.1) is 6.92 Å². The molecule has 0 aliphatic carbocycles. The minimum atomic E-state index is -0.191. The van der Waals surface area contributed by atoms with Gasteiger partial charge in [-0.25, -0.2) is 4.98 Å². The molecule has 0 aromatic carbocycles. The van der Waals surface area contributed by atoms with E-state index in [9.17, 15) is 0 Å². The van der Waals surface area contributed by atoms with Gasteiger partial charge in [0.05, 0.1) is 0 Å². The molecule has 1 aromatic heterocycles. The summed E-state index contributed by atoms with van der Waals surface area (Å²) in [5, 5.41) is 3.11. The van der Waals surface area contributed by atoms with Crippen molar-refractivity contribution < 1.29 is 4.74 Å². The zero-order chi connectivity index (χ0) is 11.5. The lowest BCUT2D eigenvalue weighted by Crippen LogP contribution is -2.23. The molecule has 1 rings (SSSR count). The summed E-state index contributed by atoms with van der Waals surface area (Å²) >= 11 is 0. The number of nitrogens with zero attached hydrogens (tertiary/aromatic N) is 1. The number of nitrogens with one attached hydrogen (secondary N) is 1. The summed E-state index contributed by atoms with van der Waals surface area (Å²) in [7, 11) is 1.93. The average molecular weight is 208 g/mol. The van der Waals surface area contributed by atoms with Gasteiger partial charge in [-0.2, -0.15) is 0 Å². The maximum atomic E-state index is 5.68. The van der Waals surface area contributed by atoms with E-state index >= 15 is 0 Å². The van der Waals surface area contributed by atoms with Gasteiger partial charge in [-0.05, 0) is 40.3 Å². The minimum absolute atomic E-state index is 0.191. The monoisotopic (exact) mass is 208 g/mol. The summed E-state index contributed by atoms with van der Waals surface area (Å²) in [6.45, 7) is 8.90. The predicted molar refractivity (Wildman–Crippen MR) is 62.1 cm³/mol. The summed E-state index contributed by atoms with van der Waals surface area (Å²) in [6.07, 6.45) is 0. The molecule has 3 nitrogen and oxygen atoms in total. The average Bonchev–Trinajstić information content (AvgIpc) is 2.07. The molecule has 0 aliphatic heterocycles. The van der Waals surface area contributed by atoms with Crippen LogP contribution < -0.4 is 10.1 Å². The van der Waals surface area contributed by atoms with Crippen molar-refractivity contribution >= 4 is 0 Å². The van der Waals surface area contributed by atoms with E-state index in [4.69, 9.17) is 4.74 Å². The van der Waals surface area contributed by atoms with Gasteiger partial charge in [-0.1, -0.05) is 6.07 Å². The first kappa shape index (κ1) is 12.0. The second-order valence-electron chi connectivity index (χ2n) is 4.64. The van der Waals surface area contributed by atoms with Crippen molar-refractivity contribution in [1.82, 2.24) is 10.3 Å². The third-order valence-corrected chi connectivity index (χ3v) is 1.95. The molecule has 1 heterocycles. The van der Waals surface area contributed by atoms with Crippen molar-refractivity contribution in [2.75, 3.05) is 7.05 Å². The topological polar surface area (TPSA) is 34.1 Å². The summed E-state index contributed by atoms with van der Waals surface area (Å²) in [5.74, 6) is 0.694. The van der Waals surface area contributed by atoms with Gasteiger partial charge in [0.1, 0.15) is 5.60 Å². The van der Waals surface area contributed by atoms with Gasteiger partial charge in [-0.15, -0.1) is 0 Å². The van der Waals surface area contributed by atoms with Gasteiger partial charge in [0.2, 0.25) is 5.88 Å². The van der Waals surface area contributed by atoms with E-state index in [-0.39, 0.29) is 5.60 Å². The fourth-order valence-corrected chi connectivity index (χ4v) is 1.31. The Morgan fingerprint density at radius 3 is 2.47 bits per heavy atom. The highest BCUT2D eigenvalue weighted by Crippen LogP contribution is 2.17. The van der Waals surface area contributed by atoms with Crippen LogP contribution in [-0.2, 0) is 6.54 Å². The number of aryl methyl sites for hydroxylation is 1. The number of aromatic nitrogens is 1. The molecule has 0 amide bonds. The van der Waals surface area contributed by atoms with Crippen molar-refractivity contribution in [3.8, 4) is 5.88 Å². The van der Waals surface area contributed by atoms with Gasteiger partial charge in [0.25, 0.3) is 0 Å². The Hall–Kier alpha value is -1.09. The van der Waals surface area contributed by atoms with Crippen molar-refractivity contribution in [2.45, 2.75) is 39.8 Å². The minimum Gasteiger partial charge on any atom is -0.472 e. The van der Waals surface area contributed by atoms with Gasteiger partial charge in [0.15, 0.2) is 0 Å². The first-order valence-corrected chi connectivity index (χ1v) is 5.22. The number of hydrogen-bond acceptors (Lipinski definition) is 3. The molecule has 0 unspecified atom stereocenters. The smallest absolute Gasteiger partial charge is 0.213 e. The van der Waals surface area contributed by atoms with Crippen LogP contribution in [-0.4, -0.2) is 17.6 Å². The van der Waals surface area contributed by atoms with Crippen molar-refractivity contribution in [1.29, 1.82) is 0 Å². The maximum Gasteiger partial charge on any atom is 0.213 e. The normalized spacial score (nSPS) is 11.5. The molecule has 0 aliphatic rings. The molecule has 0 saturated heterocycles. The first-order chi connectivity index (χ1) is 6.92. The molecular formula is C12H20N2O. The van der Waals surface area contributed by atoms with Crippen LogP contribution in [0.5, 0.6) is 5.88 Å². The third-order valence-electron chi connectivity index (χ3n) is 1.95. The molecular weight excluding hydrogens is 188 g/mol. The lowest BCUT2D eigenvalue weighted by molar-refractivity contribution is 0.124. The highest BCUT2D eigenvalue weighted by molar-refractivity contribution is 5.25. The Morgan fingerprint density at radius 2 is 2.00 bits per heavy atom. The summed E-state index contributed by atoms with van der Waals surface area (Å²) in [4.78, 5) is 4.41. The third kappa shape index (κ3) is 3.88. The number of pyridine rings is 1. The quantitative estimate of drug-likeness (QED) is 0.827. The fraction of sp³-hybridized carbons (Fsp3) is 0.583. The molecule has 0 spiro atoms. The molecule has 1 aromatic rings. The van der Waals surface area contributed by atoms with E-state index in [0.29, 0.717) is 5.88 Å². The van der Waals surface area contributed by atoms with E-state index in [1.165, 1.54) is 5.56 Å². The van der Waals surface area contributed by atoms with Crippen molar-refractivity contribution in [2.24, 2.45) is 0 Å². The Morgan fingerprint density at radius 1 is 1.33 bits per heavy atom. The number of ether oxygens (including phenoxy) is 1. The highest BCUT2D eigenvalue weighted by atomic mass is 16.5. The Labute approximate surface area is 91.9 Å². The van der Waals surface area contributed by atoms with Crippen molar-refractivity contribution in [3.63, 3.8) is 0 Å². The van der Waals surface area contributed by atoms with Crippen LogP contribution in [0.1, 0.15) is 32.0 Å². The molecule has 0 bridgehead atoms. The highest BCUT2D eigenvalue weighted by Gasteiger charge is 2.13. The molecule has 0 saturated carbocycles. The predicted octanol–water partition coefficient (Wildman–Crippen LogP) is 2.29. The second kappa shape index (κ2) is 4.62. The maximum absolute atomic E-state index is 5.68. The van der Waals surface area contributed by atoms with Crippen LogP contribution in [0.15, 0.2) is 12.1 Å². The molecule has 3 heteroatoms. The van der Waals surface area contributed by atoms with Crippen LogP contribution in [0.3, 0.4) is 0 Å². The SMILES string of the molecule is CNCc1ccc(OC(C)(C)C)nc1C. The van der Waals surface area contributed by atoms with Gasteiger partial charge >= 0.3 is 0 Å². The molecule has 0 fully saturated rings. The largest absolute Gasteiger partial charge is 0.472 e. The fourth-order valence-electron chi connectivity index (χ4n) is 1.31. The first-order valence-electron chi connectivity index (χ1n) is 5.22. The van der Waals surface area contributed by atoms with E-state index in [2.05, 4.69) is 16.4 Å². The van der Waals surface area contributed by atoms with Gasteiger partial charge in [-0.3, -0.25) is 0 Å². The summed E-state index contributed by atoms with van der Waals surface area (Å²) < 4.78 is 5.68. The molecule has 0 radical (unpaired) electrons. The van der Waals surface area contributed by atoms with Crippen LogP contribution >= 0.6 is 0 Å². The van der Waals surface area contributed by atoms with E-state index in [1.54, 1.807) is 0 Å². The van der Waals surface area contributed by atoms with E-state index in [1.807, 2.05) is 40.8 Å². The van der Waals surface area contributed by atoms with Crippen LogP contribution in [0.4, 0.5) is 0 Å². The van der Waals surface area contributed by atoms with Crippen LogP contribution in [0.2, 0.25) is 0 Å². The summed E-state index contributed by atoms with van der Waals surface area (Å²) in [6, 6.07) is 3.98. The second-order valence-corrected chi connectivity index (χ2v) is 4.64. The molecule has 1 N–H and O–H groups in total. The van der Waals surface area contributed by atoms with E-state index in [0.717, 1.165) is 12.2 Å².